The number of hydrogen-bond donors (Lipinski definition) is 2. The maximum Gasteiger partial charge on any atom is 0.258 e. The number of amides is 3. The van der Waals surface area contributed by atoms with Gasteiger partial charge in [-0.3, -0.25) is 14.4 Å². The van der Waals surface area contributed by atoms with Crippen molar-refractivity contribution in [3.63, 3.8) is 0 Å². The van der Waals surface area contributed by atoms with Gasteiger partial charge in [-0.1, -0.05) is 30.3 Å². The van der Waals surface area contributed by atoms with Crippen LogP contribution in [0.3, 0.4) is 0 Å². The zero-order chi connectivity index (χ0) is 30.6. The zero-order valence-corrected chi connectivity index (χ0v) is 24.9. The van der Waals surface area contributed by atoms with Crippen LogP contribution >= 0.6 is 11.3 Å². The Morgan fingerprint density at radius 2 is 1.86 bits per heavy atom. The van der Waals surface area contributed by atoms with Crippen molar-refractivity contribution in [2.75, 3.05) is 19.7 Å². The van der Waals surface area contributed by atoms with Crippen LogP contribution in [0, 0.1) is 12.7 Å². The molecule has 0 radical (unpaired) electrons. The van der Waals surface area contributed by atoms with E-state index in [0.29, 0.717) is 35.6 Å². The lowest BCUT2D eigenvalue weighted by molar-refractivity contribution is -0.130. The molecule has 11 heteroatoms. The van der Waals surface area contributed by atoms with Crippen LogP contribution in [0.1, 0.15) is 33.0 Å². The van der Waals surface area contributed by atoms with Gasteiger partial charge in [0.1, 0.15) is 23.4 Å². The quantitative estimate of drug-likeness (QED) is 0.357. The van der Waals surface area contributed by atoms with E-state index in [4.69, 9.17) is 9.47 Å². The second-order valence-electron chi connectivity index (χ2n) is 10.8. The summed E-state index contributed by atoms with van der Waals surface area (Å²) < 4.78 is 27.0. The Hall–Kier alpha value is -4.77. The third kappa shape index (κ3) is 6.89. The second-order valence-corrected chi connectivity index (χ2v) is 11.9. The number of aromatic nitrogens is 1. The summed E-state index contributed by atoms with van der Waals surface area (Å²) in [5.41, 5.74) is 2.90. The van der Waals surface area contributed by atoms with E-state index in [1.165, 1.54) is 12.1 Å². The van der Waals surface area contributed by atoms with Crippen molar-refractivity contribution in [2.45, 2.75) is 38.5 Å². The van der Waals surface area contributed by atoms with E-state index in [-0.39, 0.29) is 43.5 Å². The number of carbonyl (C=O) groups excluding carboxylic acids is 3. The van der Waals surface area contributed by atoms with Crippen LogP contribution < -0.4 is 20.1 Å². The molecule has 3 aromatic carbocycles. The summed E-state index contributed by atoms with van der Waals surface area (Å²) in [6.07, 6.45) is 0.224. The van der Waals surface area contributed by atoms with E-state index in [2.05, 4.69) is 15.6 Å². The molecule has 3 amide bonds. The Bertz CT molecular complexity index is 1690. The molecule has 0 saturated carbocycles. The lowest BCUT2D eigenvalue weighted by Gasteiger charge is -2.21. The molecule has 44 heavy (non-hydrogen) atoms. The zero-order valence-electron chi connectivity index (χ0n) is 24.0. The summed E-state index contributed by atoms with van der Waals surface area (Å²) in [6, 6.07) is 18.0. The smallest absolute Gasteiger partial charge is 0.258 e. The highest BCUT2D eigenvalue weighted by atomic mass is 32.1. The highest BCUT2D eigenvalue weighted by molar-refractivity contribution is 7.09. The number of nitrogens with one attached hydrogen (secondary N) is 2. The first-order valence-electron chi connectivity index (χ1n) is 14.4. The fourth-order valence-corrected chi connectivity index (χ4v) is 5.95. The predicted octanol–water partition coefficient (Wildman–Crippen LogP) is 4.29. The van der Waals surface area contributed by atoms with Gasteiger partial charge in [-0.2, -0.15) is 0 Å². The van der Waals surface area contributed by atoms with Crippen LogP contribution in [0.25, 0.3) is 11.1 Å². The van der Waals surface area contributed by atoms with E-state index in [9.17, 15) is 14.4 Å². The normalized spacial score (nSPS) is 18.5. The van der Waals surface area contributed by atoms with Crippen LogP contribution in [0.15, 0.2) is 72.1 Å². The minimum atomic E-state index is -0.671. The average molecular weight is 615 g/mol. The first-order valence-corrected chi connectivity index (χ1v) is 15.2. The van der Waals surface area contributed by atoms with Gasteiger partial charge >= 0.3 is 0 Å². The predicted molar refractivity (Wildman–Crippen MR) is 163 cm³/mol. The molecule has 1 aromatic heterocycles. The van der Waals surface area contributed by atoms with Crippen molar-refractivity contribution in [3.05, 3.63) is 99.8 Å². The molecule has 7 rings (SSSR count). The number of rotatable bonds is 3. The van der Waals surface area contributed by atoms with Crippen molar-refractivity contribution in [1.29, 1.82) is 0 Å². The molecule has 0 aliphatic carbocycles. The Morgan fingerprint density at radius 3 is 2.66 bits per heavy atom. The van der Waals surface area contributed by atoms with Crippen LogP contribution in [0.4, 0.5) is 4.39 Å². The highest BCUT2D eigenvalue weighted by Crippen LogP contribution is 2.27. The SMILES string of the molecule is Cc1nc(CCC(=O)N2C[C@@H]3NC(=O)c4cc(ccc4F)-c4cccc(c4)OCC(=O)NCc4ccc(cc4)O[C@H]3C2)cs1. The first-order chi connectivity index (χ1) is 21.3. The Balaban J connectivity index is 1.28. The summed E-state index contributed by atoms with van der Waals surface area (Å²) in [4.78, 5) is 45.3. The van der Waals surface area contributed by atoms with E-state index in [1.807, 2.05) is 30.5 Å². The van der Waals surface area contributed by atoms with Crippen molar-refractivity contribution in [2.24, 2.45) is 0 Å². The number of halogens is 1. The fourth-order valence-electron chi connectivity index (χ4n) is 5.30. The van der Waals surface area contributed by atoms with Gasteiger partial charge in [0, 0.05) is 24.9 Å². The number of aryl methyl sites for hydroxylation is 2. The van der Waals surface area contributed by atoms with Crippen LogP contribution in [0.2, 0.25) is 0 Å². The number of carbonyl (C=O) groups is 3. The minimum Gasteiger partial charge on any atom is -0.486 e. The molecule has 9 nitrogen and oxygen atoms in total. The third-order valence-electron chi connectivity index (χ3n) is 7.65. The molecule has 0 spiro atoms. The second kappa shape index (κ2) is 12.8. The van der Waals surface area contributed by atoms with Crippen molar-refractivity contribution >= 4 is 29.1 Å². The minimum absolute atomic E-state index is 0.0760. The molecule has 6 bridgehead atoms. The maximum absolute atomic E-state index is 15.0. The molecule has 3 aliphatic rings. The average Bonchev–Trinajstić information content (AvgIpc) is 3.63. The molecular weight excluding hydrogens is 583 g/mol. The molecule has 3 aliphatic heterocycles. The molecular formula is C33H31FN4O5S. The molecule has 1 fully saturated rings. The molecule has 226 valence electrons. The van der Waals surface area contributed by atoms with Crippen LogP contribution in [0.5, 0.6) is 11.5 Å². The standard InChI is InChI=1S/C33H31FN4O5S/c1-20-36-24(19-44-20)8-12-32(40)38-16-29-30(17-38)43-25-9-5-21(6-10-25)15-35-31(39)18-42-26-4-2-3-22(13-26)23-7-11-28(34)27(14-23)33(41)37-29/h2-7,9-11,13-14,19,29-30H,8,12,15-18H2,1H3,(H,35,39)(H,37,41)/t29-,30-/m0/s1. The van der Waals surface area contributed by atoms with Gasteiger partial charge in [0.2, 0.25) is 5.91 Å². The summed E-state index contributed by atoms with van der Waals surface area (Å²) in [6.45, 7) is 2.53. The van der Waals surface area contributed by atoms with Gasteiger partial charge in [0.15, 0.2) is 6.61 Å². The maximum atomic E-state index is 15.0. The molecule has 0 unspecified atom stereocenters. The van der Waals surface area contributed by atoms with E-state index in [1.54, 1.807) is 52.6 Å². The van der Waals surface area contributed by atoms with Gasteiger partial charge < -0.3 is 25.0 Å². The third-order valence-corrected chi connectivity index (χ3v) is 8.47. The molecule has 4 heterocycles. The van der Waals surface area contributed by atoms with Gasteiger partial charge in [0.05, 0.1) is 28.9 Å². The summed E-state index contributed by atoms with van der Waals surface area (Å²) in [7, 11) is 0. The first kappa shape index (κ1) is 29.3. The van der Waals surface area contributed by atoms with Crippen LogP contribution in [-0.4, -0.2) is 59.4 Å². The fraction of sp³-hybridized carbons (Fsp3) is 0.273. The summed E-state index contributed by atoms with van der Waals surface area (Å²) in [5.74, 6) is -0.630. The van der Waals surface area contributed by atoms with Crippen molar-refractivity contribution in [1.82, 2.24) is 20.5 Å². The topological polar surface area (TPSA) is 110 Å². The van der Waals surface area contributed by atoms with Gasteiger partial charge in [-0.15, -0.1) is 11.3 Å². The molecule has 2 atom stereocenters. The summed E-state index contributed by atoms with van der Waals surface area (Å²) >= 11 is 1.54. The van der Waals surface area contributed by atoms with Gasteiger partial charge in [0.25, 0.3) is 11.8 Å². The number of fused-ring (bicyclic) bond motifs is 7. The Morgan fingerprint density at radius 1 is 1.05 bits per heavy atom. The van der Waals surface area contributed by atoms with Gasteiger partial charge in [-0.05, 0) is 66.4 Å². The largest absolute Gasteiger partial charge is 0.486 e. The van der Waals surface area contributed by atoms with Crippen molar-refractivity contribution in [3.8, 4) is 22.6 Å². The molecule has 1 saturated heterocycles. The number of thiazole rings is 1. The Labute approximate surface area is 258 Å². The van der Waals surface area contributed by atoms with E-state index in [0.717, 1.165) is 16.3 Å². The monoisotopic (exact) mass is 614 g/mol. The lowest BCUT2D eigenvalue weighted by atomic mass is 10.0. The highest BCUT2D eigenvalue weighted by Gasteiger charge is 2.38. The Kier molecular flexibility index (Phi) is 8.56. The number of benzene rings is 3. The molecule has 4 aromatic rings. The van der Waals surface area contributed by atoms with Crippen LogP contribution in [-0.2, 0) is 22.6 Å². The number of nitrogens with zero attached hydrogens (tertiary/aromatic N) is 2. The van der Waals surface area contributed by atoms with Gasteiger partial charge in [-0.25, -0.2) is 9.37 Å². The van der Waals surface area contributed by atoms with E-state index < -0.39 is 23.9 Å². The number of likely N-dealkylation sites (tertiary alicyclic amines) is 1. The summed E-state index contributed by atoms with van der Waals surface area (Å²) in [5, 5.41) is 8.68. The lowest BCUT2D eigenvalue weighted by Crippen LogP contribution is -2.45. The number of hydrogen-bond acceptors (Lipinski definition) is 7. The molecule has 2 N–H and O–H groups in total. The number of ether oxygens (including phenoxy) is 2. The van der Waals surface area contributed by atoms with E-state index >= 15 is 4.39 Å². The van der Waals surface area contributed by atoms with Crippen molar-refractivity contribution < 1.29 is 28.2 Å².